The van der Waals surface area contributed by atoms with Crippen LogP contribution in [-0.2, 0) is 17.9 Å². The molecule has 0 saturated carbocycles. The smallest absolute Gasteiger partial charge is 0.312 e. The van der Waals surface area contributed by atoms with Crippen LogP contribution in [0.5, 0.6) is 0 Å². The quantitative estimate of drug-likeness (QED) is 0.488. The zero-order valence-corrected chi connectivity index (χ0v) is 17.0. The summed E-state index contributed by atoms with van der Waals surface area (Å²) in [6.07, 6.45) is 0.185. The third kappa shape index (κ3) is 4.18. The van der Waals surface area contributed by atoms with Gasteiger partial charge in [0.1, 0.15) is 11.4 Å². The van der Waals surface area contributed by atoms with E-state index in [0.29, 0.717) is 17.9 Å². The number of hydrogen-bond acceptors (Lipinski definition) is 5. The number of nitro groups is 1. The molecule has 152 valence electrons. The summed E-state index contributed by atoms with van der Waals surface area (Å²) in [5.41, 5.74) is 4.60. The largest absolute Gasteiger partial charge is 0.352 e. The van der Waals surface area contributed by atoms with E-state index in [1.807, 2.05) is 48.9 Å². The van der Waals surface area contributed by atoms with Crippen molar-refractivity contribution < 1.29 is 9.72 Å². The van der Waals surface area contributed by atoms with Crippen LogP contribution in [0.25, 0.3) is 5.69 Å². The van der Waals surface area contributed by atoms with Gasteiger partial charge in [-0.25, -0.2) is 4.68 Å². The van der Waals surface area contributed by atoms with Gasteiger partial charge in [-0.2, -0.15) is 10.2 Å². The molecule has 9 heteroatoms. The molecule has 9 nitrogen and oxygen atoms in total. The summed E-state index contributed by atoms with van der Waals surface area (Å²) >= 11 is 0. The summed E-state index contributed by atoms with van der Waals surface area (Å²) in [7, 11) is 0. The minimum atomic E-state index is -0.440. The van der Waals surface area contributed by atoms with E-state index in [2.05, 4.69) is 15.5 Å². The fourth-order valence-electron chi connectivity index (χ4n) is 3.40. The van der Waals surface area contributed by atoms with Gasteiger partial charge in [0.25, 0.3) is 0 Å². The molecular weight excluding hydrogens is 372 g/mol. The average molecular weight is 396 g/mol. The average Bonchev–Trinajstić information content (AvgIpc) is 3.13. The van der Waals surface area contributed by atoms with E-state index in [-0.39, 0.29) is 24.6 Å². The highest BCUT2D eigenvalue weighted by atomic mass is 16.6. The minimum absolute atomic E-state index is 0.00461. The lowest BCUT2D eigenvalue weighted by atomic mass is 10.2. The van der Waals surface area contributed by atoms with Crippen LogP contribution in [0.3, 0.4) is 0 Å². The Bertz CT molecular complexity index is 1050. The van der Waals surface area contributed by atoms with Crippen LogP contribution in [-0.4, -0.2) is 30.4 Å². The van der Waals surface area contributed by atoms with Crippen LogP contribution in [0.4, 0.5) is 5.69 Å². The van der Waals surface area contributed by atoms with Gasteiger partial charge in [-0.1, -0.05) is 18.2 Å². The first kappa shape index (κ1) is 20.2. The SMILES string of the molecule is Cc1nn(-c2ccccc2)c(C)c1CNC(=O)CCn1nc(C)c([N+](=O)[O-])c1C. The fourth-order valence-corrected chi connectivity index (χ4v) is 3.40. The number of aryl methyl sites for hydroxylation is 3. The highest BCUT2D eigenvalue weighted by Crippen LogP contribution is 2.22. The monoisotopic (exact) mass is 396 g/mol. The molecule has 2 aromatic heterocycles. The zero-order valence-electron chi connectivity index (χ0n) is 17.0. The van der Waals surface area contributed by atoms with E-state index in [4.69, 9.17) is 0 Å². The van der Waals surface area contributed by atoms with Gasteiger partial charge in [0.05, 0.1) is 22.8 Å². The summed E-state index contributed by atoms with van der Waals surface area (Å²) < 4.78 is 3.38. The van der Waals surface area contributed by atoms with Gasteiger partial charge in [-0.3, -0.25) is 19.6 Å². The van der Waals surface area contributed by atoms with Crippen molar-refractivity contribution in [2.75, 3.05) is 0 Å². The Hall–Kier alpha value is -3.49. The van der Waals surface area contributed by atoms with Gasteiger partial charge in [-0.05, 0) is 39.8 Å². The molecule has 0 spiro atoms. The molecule has 3 aromatic rings. The van der Waals surface area contributed by atoms with Gasteiger partial charge in [0, 0.05) is 24.2 Å². The molecular formula is C20H24N6O3. The zero-order chi connectivity index (χ0) is 21.1. The number of rotatable bonds is 7. The highest BCUT2D eigenvalue weighted by Gasteiger charge is 2.22. The van der Waals surface area contributed by atoms with E-state index < -0.39 is 4.92 Å². The topological polar surface area (TPSA) is 108 Å². The van der Waals surface area contributed by atoms with E-state index in [1.165, 1.54) is 4.68 Å². The number of hydrogen-bond donors (Lipinski definition) is 1. The maximum absolute atomic E-state index is 12.3. The van der Waals surface area contributed by atoms with Crippen molar-refractivity contribution in [3.8, 4) is 5.69 Å². The van der Waals surface area contributed by atoms with E-state index in [9.17, 15) is 14.9 Å². The van der Waals surface area contributed by atoms with Gasteiger partial charge < -0.3 is 5.32 Å². The molecule has 29 heavy (non-hydrogen) atoms. The molecule has 0 radical (unpaired) electrons. The van der Waals surface area contributed by atoms with Gasteiger partial charge >= 0.3 is 5.69 Å². The summed E-state index contributed by atoms with van der Waals surface area (Å²) in [6.45, 7) is 7.79. The first-order valence-electron chi connectivity index (χ1n) is 9.35. The molecule has 1 aromatic carbocycles. The van der Waals surface area contributed by atoms with Gasteiger partial charge in [0.2, 0.25) is 5.91 Å². The number of aromatic nitrogens is 4. The summed E-state index contributed by atoms with van der Waals surface area (Å²) in [5.74, 6) is -0.147. The predicted molar refractivity (Wildman–Crippen MR) is 108 cm³/mol. The second-order valence-corrected chi connectivity index (χ2v) is 6.92. The number of carbonyl (C=O) groups is 1. The second-order valence-electron chi connectivity index (χ2n) is 6.92. The minimum Gasteiger partial charge on any atom is -0.352 e. The maximum Gasteiger partial charge on any atom is 0.312 e. The Labute approximate surface area is 168 Å². The number of amides is 1. The number of benzene rings is 1. The molecule has 2 heterocycles. The molecule has 0 bridgehead atoms. The first-order chi connectivity index (χ1) is 13.8. The normalized spacial score (nSPS) is 10.9. The lowest BCUT2D eigenvalue weighted by Crippen LogP contribution is -2.25. The van der Waals surface area contributed by atoms with Crippen LogP contribution in [0.15, 0.2) is 30.3 Å². The molecule has 0 aliphatic heterocycles. The van der Waals surface area contributed by atoms with Crippen LogP contribution in [0.1, 0.15) is 34.8 Å². The standard InChI is InChI=1S/C20H24N6O3/c1-13-18(15(3)25(23-13)17-8-6-5-7-9-17)12-21-19(27)10-11-24-16(4)20(26(28)29)14(2)22-24/h5-9H,10-12H2,1-4H3,(H,21,27). The lowest BCUT2D eigenvalue weighted by molar-refractivity contribution is -0.386. The third-order valence-electron chi connectivity index (χ3n) is 4.98. The van der Waals surface area contributed by atoms with Crippen LogP contribution in [0.2, 0.25) is 0 Å². The maximum atomic E-state index is 12.3. The van der Waals surface area contributed by atoms with Crippen molar-refractivity contribution in [3.05, 3.63) is 68.8 Å². The van der Waals surface area contributed by atoms with Crippen LogP contribution < -0.4 is 5.32 Å². The van der Waals surface area contributed by atoms with Crippen LogP contribution >= 0.6 is 0 Å². The van der Waals surface area contributed by atoms with Crippen molar-refractivity contribution in [3.63, 3.8) is 0 Å². The summed E-state index contributed by atoms with van der Waals surface area (Å²) in [4.78, 5) is 23.0. The predicted octanol–water partition coefficient (Wildman–Crippen LogP) is 2.92. The Kier molecular flexibility index (Phi) is 5.76. The molecule has 0 fully saturated rings. The molecule has 0 atom stereocenters. The molecule has 0 aliphatic carbocycles. The van der Waals surface area contributed by atoms with E-state index >= 15 is 0 Å². The van der Waals surface area contributed by atoms with Crippen molar-refractivity contribution in [1.29, 1.82) is 0 Å². The van der Waals surface area contributed by atoms with Gasteiger partial charge in [0.15, 0.2) is 0 Å². The molecule has 0 saturated heterocycles. The highest BCUT2D eigenvalue weighted by molar-refractivity contribution is 5.75. The van der Waals surface area contributed by atoms with Crippen molar-refractivity contribution >= 4 is 11.6 Å². The summed E-state index contributed by atoms with van der Waals surface area (Å²) in [5, 5.41) is 22.7. The fraction of sp³-hybridized carbons (Fsp3) is 0.350. The van der Waals surface area contributed by atoms with E-state index in [1.54, 1.807) is 13.8 Å². The number of carbonyl (C=O) groups excluding carboxylic acids is 1. The molecule has 1 N–H and O–H groups in total. The number of para-hydroxylation sites is 1. The first-order valence-corrected chi connectivity index (χ1v) is 9.35. The molecule has 0 unspecified atom stereocenters. The number of nitrogens with one attached hydrogen (secondary N) is 1. The Balaban J connectivity index is 1.63. The van der Waals surface area contributed by atoms with E-state index in [0.717, 1.165) is 22.6 Å². The summed E-state index contributed by atoms with van der Waals surface area (Å²) in [6, 6.07) is 9.83. The van der Waals surface area contributed by atoms with Gasteiger partial charge in [-0.15, -0.1) is 0 Å². The molecule has 1 amide bonds. The Morgan fingerprint density at radius 1 is 1.07 bits per heavy atom. The molecule has 0 aliphatic rings. The third-order valence-corrected chi connectivity index (χ3v) is 4.98. The van der Waals surface area contributed by atoms with Crippen LogP contribution in [0, 0.1) is 37.8 Å². The lowest BCUT2D eigenvalue weighted by Gasteiger charge is -2.08. The number of nitrogens with zero attached hydrogens (tertiary/aromatic N) is 5. The Morgan fingerprint density at radius 2 is 1.76 bits per heavy atom. The van der Waals surface area contributed by atoms with Crippen molar-refractivity contribution in [1.82, 2.24) is 24.9 Å². The van der Waals surface area contributed by atoms with Crippen molar-refractivity contribution in [2.24, 2.45) is 0 Å². The Morgan fingerprint density at radius 3 is 2.38 bits per heavy atom. The second kappa shape index (κ2) is 8.26. The van der Waals surface area contributed by atoms with Crippen molar-refractivity contribution in [2.45, 2.75) is 47.2 Å². The molecule has 3 rings (SSSR count).